The summed E-state index contributed by atoms with van der Waals surface area (Å²) in [6, 6.07) is 13.6. The number of hydrogen-bond acceptors (Lipinski definition) is 1. The van der Waals surface area contributed by atoms with Crippen molar-refractivity contribution in [3.8, 4) is 5.75 Å². The van der Waals surface area contributed by atoms with E-state index in [4.69, 9.17) is 4.74 Å². The van der Waals surface area contributed by atoms with Gasteiger partial charge in [-0.1, -0.05) is 38.5 Å². The zero-order valence-corrected chi connectivity index (χ0v) is 16.5. The van der Waals surface area contributed by atoms with Crippen molar-refractivity contribution in [2.24, 2.45) is 5.92 Å². The third-order valence-corrected chi connectivity index (χ3v) is 9.09. The molecular weight excluding hydrogens is 324 g/mol. The van der Waals surface area contributed by atoms with Crippen LogP contribution in [0.3, 0.4) is 0 Å². The van der Waals surface area contributed by atoms with E-state index in [0.29, 0.717) is 17.0 Å². The van der Waals surface area contributed by atoms with Crippen LogP contribution in [0.2, 0.25) is 0 Å². The van der Waals surface area contributed by atoms with Crippen LogP contribution in [0.5, 0.6) is 5.75 Å². The summed E-state index contributed by atoms with van der Waals surface area (Å²) in [6.45, 7) is 4.80. The molecule has 1 nitrogen and oxygen atoms in total. The minimum Gasteiger partial charge on any atom is -0.490 e. The fourth-order valence-corrected chi connectivity index (χ4v) is 7.74. The van der Waals surface area contributed by atoms with E-state index in [2.05, 4.69) is 50.2 Å². The van der Waals surface area contributed by atoms with E-state index in [9.17, 15) is 0 Å². The lowest BCUT2D eigenvalue weighted by Gasteiger charge is -2.24. The lowest BCUT2D eigenvalue weighted by atomic mass is 9.97. The van der Waals surface area contributed by atoms with Gasteiger partial charge in [-0.2, -0.15) is 0 Å². The van der Waals surface area contributed by atoms with Crippen molar-refractivity contribution in [2.75, 3.05) is 5.75 Å². The third kappa shape index (κ3) is 3.56. The molecule has 25 heavy (non-hydrogen) atoms. The Balaban J connectivity index is 1.69. The summed E-state index contributed by atoms with van der Waals surface area (Å²) in [7, 11) is 0.396. The van der Waals surface area contributed by atoms with Crippen molar-refractivity contribution >= 4 is 21.7 Å². The molecule has 0 bridgehead atoms. The quantitative estimate of drug-likeness (QED) is 0.581. The summed E-state index contributed by atoms with van der Waals surface area (Å²) in [5.74, 6) is 3.26. The molecule has 1 saturated carbocycles. The van der Waals surface area contributed by atoms with Gasteiger partial charge in [0.1, 0.15) is 16.8 Å². The zero-order chi connectivity index (χ0) is 17.2. The number of fused-ring (bicyclic) bond motifs is 1. The zero-order valence-electron chi connectivity index (χ0n) is 15.7. The van der Waals surface area contributed by atoms with Crippen LogP contribution in [0.4, 0.5) is 0 Å². The van der Waals surface area contributed by atoms with Crippen LogP contribution in [-0.2, 0) is 10.9 Å². The van der Waals surface area contributed by atoms with E-state index >= 15 is 0 Å². The Bertz CT molecular complexity index is 717. The van der Waals surface area contributed by atoms with Crippen molar-refractivity contribution in [2.45, 2.75) is 75.0 Å². The van der Waals surface area contributed by atoms with Crippen LogP contribution in [0.15, 0.2) is 41.3 Å². The highest BCUT2D eigenvalue weighted by atomic mass is 32.2. The van der Waals surface area contributed by atoms with E-state index in [-0.39, 0.29) is 0 Å². The summed E-state index contributed by atoms with van der Waals surface area (Å²) in [5, 5.41) is 3.62. The largest absolute Gasteiger partial charge is 0.490 e. The average molecular weight is 356 g/mol. The number of benzene rings is 2. The molecule has 2 atom stereocenters. The Morgan fingerprint density at radius 1 is 0.880 bits per heavy atom. The molecule has 0 spiro atoms. The topological polar surface area (TPSA) is 9.23 Å². The second-order valence-corrected chi connectivity index (χ2v) is 10.4. The van der Waals surface area contributed by atoms with E-state index in [0.717, 1.165) is 16.9 Å². The molecule has 0 N–H and O–H groups in total. The molecule has 1 aliphatic heterocycles. The normalized spacial score (nSPS) is 24.9. The van der Waals surface area contributed by atoms with Gasteiger partial charge in [0.2, 0.25) is 0 Å². The first kappa shape index (κ1) is 17.3. The lowest BCUT2D eigenvalue weighted by molar-refractivity contribution is 0.157. The van der Waals surface area contributed by atoms with Gasteiger partial charge in [-0.15, -0.1) is 0 Å². The molecule has 2 fully saturated rings. The van der Waals surface area contributed by atoms with E-state index in [1.165, 1.54) is 61.5 Å². The van der Waals surface area contributed by atoms with Gasteiger partial charge in [-0.25, -0.2) is 0 Å². The van der Waals surface area contributed by atoms with Crippen LogP contribution in [0.1, 0.15) is 58.8 Å². The molecule has 0 aromatic heterocycles. The Morgan fingerprint density at radius 2 is 1.64 bits per heavy atom. The first-order chi connectivity index (χ1) is 12.2. The number of rotatable bonds is 4. The maximum absolute atomic E-state index is 6.46. The average Bonchev–Trinajstić information content (AvgIpc) is 3.13. The van der Waals surface area contributed by atoms with E-state index in [1.807, 2.05) is 0 Å². The fourth-order valence-electron chi connectivity index (χ4n) is 4.61. The molecule has 2 unspecified atom stereocenters. The van der Waals surface area contributed by atoms with Gasteiger partial charge in [0.15, 0.2) is 4.90 Å². The fraction of sp³-hybridized carbons (Fsp3) is 0.565. The van der Waals surface area contributed by atoms with Crippen molar-refractivity contribution in [1.82, 2.24) is 0 Å². The van der Waals surface area contributed by atoms with Gasteiger partial charge in [-0.05, 0) is 50.3 Å². The van der Waals surface area contributed by atoms with Crippen LogP contribution in [-0.4, -0.2) is 17.1 Å². The maximum Gasteiger partial charge on any atom is 0.163 e. The molecular formula is C23H31OS+. The first-order valence-electron chi connectivity index (χ1n) is 10.1. The second kappa shape index (κ2) is 7.61. The number of hydrogen-bond donors (Lipinski definition) is 0. The minimum atomic E-state index is 0.396. The monoisotopic (exact) mass is 355 g/mol. The Hall–Kier alpha value is -1.15. The predicted octanol–water partition coefficient (Wildman–Crippen LogP) is 6.35. The van der Waals surface area contributed by atoms with Gasteiger partial charge < -0.3 is 4.74 Å². The van der Waals surface area contributed by atoms with Crippen LogP contribution in [0.25, 0.3) is 10.8 Å². The summed E-state index contributed by atoms with van der Waals surface area (Å²) in [6.07, 6.45) is 9.65. The Labute approximate surface area is 155 Å². The van der Waals surface area contributed by atoms with Gasteiger partial charge >= 0.3 is 0 Å². The van der Waals surface area contributed by atoms with E-state index < -0.39 is 0 Å². The first-order valence-corrected chi connectivity index (χ1v) is 11.6. The molecule has 2 heteroatoms. The Kier molecular flexibility index (Phi) is 5.26. The highest BCUT2D eigenvalue weighted by Crippen LogP contribution is 2.40. The van der Waals surface area contributed by atoms with Gasteiger partial charge in [0.05, 0.1) is 6.10 Å². The van der Waals surface area contributed by atoms with Crippen molar-refractivity contribution in [3.05, 3.63) is 36.4 Å². The molecule has 0 amide bonds. The second-order valence-electron chi connectivity index (χ2n) is 8.04. The molecule has 1 aliphatic carbocycles. The molecule has 134 valence electrons. The molecule has 1 heterocycles. The molecule has 4 rings (SSSR count). The molecule has 0 radical (unpaired) electrons. The molecule has 2 aromatic rings. The maximum atomic E-state index is 6.46. The van der Waals surface area contributed by atoms with Crippen molar-refractivity contribution < 1.29 is 4.74 Å². The van der Waals surface area contributed by atoms with Crippen LogP contribution >= 0.6 is 0 Å². The molecule has 2 aromatic carbocycles. The lowest BCUT2D eigenvalue weighted by Crippen LogP contribution is -2.23. The minimum absolute atomic E-state index is 0.396. The molecule has 1 saturated heterocycles. The van der Waals surface area contributed by atoms with Crippen LogP contribution in [0, 0.1) is 5.92 Å². The van der Waals surface area contributed by atoms with Gasteiger partial charge in [0, 0.05) is 34.0 Å². The highest BCUT2D eigenvalue weighted by Gasteiger charge is 2.41. The summed E-state index contributed by atoms with van der Waals surface area (Å²) in [4.78, 5) is 1.59. The Morgan fingerprint density at radius 3 is 2.40 bits per heavy atom. The number of ether oxygens (including phenoxy) is 1. The summed E-state index contributed by atoms with van der Waals surface area (Å²) >= 11 is 0. The highest BCUT2D eigenvalue weighted by molar-refractivity contribution is 7.98. The third-order valence-electron chi connectivity index (χ3n) is 5.93. The van der Waals surface area contributed by atoms with Crippen molar-refractivity contribution in [1.29, 1.82) is 0 Å². The molecule has 2 aliphatic rings. The van der Waals surface area contributed by atoms with E-state index in [1.54, 1.807) is 4.90 Å². The smallest absolute Gasteiger partial charge is 0.163 e. The van der Waals surface area contributed by atoms with Gasteiger partial charge in [0.25, 0.3) is 0 Å². The predicted molar refractivity (Wildman–Crippen MR) is 110 cm³/mol. The standard InChI is InChI=1S/C23H31OS/c1-17(2)22-13-8-16-25(22)23-15-14-21(19-11-6-7-12-20(19)23)24-18-9-4-3-5-10-18/h6-7,11-12,14-15,17-18,22H,3-5,8-10,13,16H2,1-2H3/q+1. The summed E-state index contributed by atoms with van der Waals surface area (Å²) < 4.78 is 6.46. The van der Waals surface area contributed by atoms with Crippen molar-refractivity contribution in [3.63, 3.8) is 0 Å². The summed E-state index contributed by atoms with van der Waals surface area (Å²) in [5.41, 5.74) is 0. The van der Waals surface area contributed by atoms with Crippen LogP contribution < -0.4 is 4.74 Å². The van der Waals surface area contributed by atoms with Gasteiger partial charge in [-0.3, -0.25) is 0 Å². The SMILES string of the molecule is CC(C)C1CCC[S+]1c1ccc(OC2CCCCC2)c2ccccc12.